The van der Waals surface area contributed by atoms with Crippen molar-refractivity contribution in [3.05, 3.63) is 11.3 Å². The average molecular weight is 243 g/mol. The number of rotatable bonds is 1. The molecule has 0 bridgehead atoms. The fourth-order valence-electron chi connectivity index (χ4n) is 2.17. The van der Waals surface area contributed by atoms with Gasteiger partial charge in [-0.1, -0.05) is 0 Å². The van der Waals surface area contributed by atoms with E-state index in [-0.39, 0.29) is 17.3 Å². The van der Waals surface area contributed by atoms with Gasteiger partial charge in [0.05, 0.1) is 0 Å². The van der Waals surface area contributed by atoms with Crippen LogP contribution in [0, 0.1) is 0 Å². The van der Waals surface area contributed by atoms with Crippen LogP contribution in [0.3, 0.4) is 0 Å². The molecule has 1 amide bonds. The van der Waals surface area contributed by atoms with Crippen molar-refractivity contribution in [2.75, 3.05) is 12.9 Å². The van der Waals surface area contributed by atoms with E-state index in [1.54, 1.807) is 11.8 Å². The van der Waals surface area contributed by atoms with E-state index in [9.17, 15) is 9.59 Å². The minimum atomic E-state index is -0.632. The number of hydrogen-bond donors (Lipinski definition) is 1. The smallest absolute Gasteiger partial charge is 0.357 e. The largest absolute Gasteiger partial charge is 0.427 e. The van der Waals surface area contributed by atoms with E-state index >= 15 is 0 Å². The normalized spacial score (nSPS) is 36.9. The van der Waals surface area contributed by atoms with Crippen molar-refractivity contribution in [1.29, 1.82) is 0 Å². The number of carbonyl (C=O) groups is 2. The SMILES string of the molecule is COC1OC(=O)C2=C1CSC1C([NH3+])C(=O)N21. The van der Waals surface area contributed by atoms with Crippen LogP contribution in [0.5, 0.6) is 0 Å². The van der Waals surface area contributed by atoms with Crippen molar-refractivity contribution < 1.29 is 24.8 Å². The number of thioether (sulfide) groups is 1. The Morgan fingerprint density at radius 1 is 1.56 bits per heavy atom. The van der Waals surface area contributed by atoms with Crippen LogP contribution in [0.25, 0.3) is 0 Å². The zero-order chi connectivity index (χ0) is 11.4. The summed E-state index contributed by atoms with van der Waals surface area (Å²) in [7, 11) is 1.48. The zero-order valence-electron chi connectivity index (χ0n) is 8.63. The summed E-state index contributed by atoms with van der Waals surface area (Å²) >= 11 is 1.59. The molecule has 0 aliphatic carbocycles. The first-order chi connectivity index (χ1) is 7.65. The molecule has 3 N–H and O–H groups in total. The van der Waals surface area contributed by atoms with E-state index in [4.69, 9.17) is 9.47 Å². The molecule has 3 unspecified atom stereocenters. The predicted molar refractivity (Wildman–Crippen MR) is 53.7 cm³/mol. The Labute approximate surface area is 95.7 Å². The summed E-state index contributed by atoms with van der Waals surface area (Å²) in [6, 6.07) is -0.256. The highest BCUT2D eigenvalue weighted by Gasteiger charge is 2.57. The van der Waals surface area contributed by atoms with Gasteiger partial charge in [0.1, 0.15) is 11.1 Å². The third kappa shape index (κ3) is 1.05. The number of methoxy groups -OCH3 is 1. The van der Waals surface area contributed by atoms with Gasteiger partial charge in [-0.15, -0.1) is 11.8 Å². The van der Waals surface area contributed by atoms with Crippen molar-refractivity contribution in [2.24, 2.45) is 0 Å². The molecule has 1 saturated heterocycles. The predicted octanol–water partition coefficient (Wildman–Crippen LogP) is -1.70. The summed E-state index contributed by atoms with van der Waals surface area (Å²) in [5.74, 6) is 0.0749. The van der Waals surface area contributed by atoms with E-state index in [1.807, 2.05) is 0 Å². The Morgan fingerprint density at radius 3 is 3.00 bits per heavy atom. The highest BCUT2D eigenvalue weighted by molar-refractivity contribution is 8.00. The van der Waals surface area contributed by atoms with Crippen LogP contribution in [-0.4, -0.2) is 47.3 Å². The van der Waals surface area contributed by atoms with E-state index < -0.39 is 12.3 Å². The lowest BCUT2D eigenvalue weighted by atomic mass is 10.0. The van der Waals surface area contributed by atoms with Crippen LogP contribution < -0.4 is 5.73 Å². The maximum atomic E-state index is 11.6. The van der Waals surface area contributed by atoms with Gasteiger partial charge >= 0.3 is 5.97 Å². The maximum Gasteiger partial charge on any atom is 0.357 e. The first-order valence-corrected chi connectivity index (χ1v) is 5.94. The van der Waals surface area contributed by atoms with Gasteiger partial charge in [0.2, 0.25) is 6.29 Å². The van der Waals surface area contributed by atoms with Crippen molar-refractivity contribution >= 4 is 23.6 Å². The van der Waals surface area contributed by atoms with Gasteiger partial charge in [0, 0.05) is 18.4 Å². The first kappa shape index (κ1) is 10.1. The van der Waals surface area contributed by atoms with E-state index in [2.05, 4.69) is 5.73 Å². The summed E-state index contributed by atoms with van der Waals surface area (Å²) in [5.41, 5.74) is 4.90. The molecule has 1 fully saturated rings. The Morgan fingerprint density at radius 2 is 2.31 bits per heavy atom. The van der Waals surface area contributed by atoms with E-state index in [0.29, 0.717) is 11.4 Å². The monoisotopic (exact) mass is 243 g/mol. The molecule has 3 atom stereocenters. The molecule has 0 aromatic rings. The zero-order valence-corrected chi connectivity index (χ0v) is 9.45. The van der Waals surface area contributed by atoms with Gasteiger partial charge < -0.3 is 15.2 Å². The first-order valence-electron chi connectivity index (χ1n) is 4.89. The molecule has 3 heterocycles. The molecule has 0 aromatic heterocycles. The number of esters is 1. The Kier molecular flexibility index (Phi) is 2.04. The summed E-state index contributed by atoms with van der Waals surface area (Å²) in [6.45, 7) is 0. The summed E-state index contributed by atoms with van der Waals surface area (Å²) in [4.78, 5) is 24.8. The van der Waals surface area contributed by atoms with Crippen molar-refractivity contribution in [2.45, 2.75) is 17.7 Å². The number of fused-ring (bicyclic) bond motifs is 2. The Hall–Kier alpha value is -1.05. The second-order valence-electron chi connectivity index (χ2n) is 3.86. The highest BCUT2D eigenvalue weighted by Crippen LogP contribution is 2.43. The lowest BCUT2D eigenvalue weighted by Crippen LogP contribution is -2.83. The third-order valence-corrected chi connectivity index (χ3v) is 4.37. The average Bonchev–Trinajstić information content (AvgIpc) is 2.63. The van der Waals surface area contributed by atoms with Gasteiger partial charge in [0.25, 0.3) is 5.91 Å². The number of ether oxygens (including phenoxy) is 2. The molecular formula is C9H11N2O4S+. The summed E-state index contributed by atoms with van der Waals surface area (Å²) < 4.78 is 10.1. The topological polar surface area (TPSA) is 83.5 Å². The van der Waals surface area contributed by atoms with Crippen LogP contribution in [0.4, 0.5) is 0 Å². The van der Waals surface area contributed by atoms with Crippen molar-refractivity contribution in [1.82, 2.24) is 4.90 Å². The lowest BCUT2D eigenvalue weighted by Gasteiger charge is -2.44. The summed E-state index contributed by atoms with van der Waals surface area (Å²) in [6.07, 6.45) is -0.632. The molecule has 16 heavy (non-hydrogen) atoms. The molecule has 6 nitrogen and oxygen atoms in total. The quantitative estimate of drug-likeness (QED) is 0.438. The molecule has 7 heteroatoms. The molecule has 0 saturated carbocycles. The Bertz CT molecular complexity index is 422. The van der Waals surface area contributed by atoms with Crippen LogP contribution in [0.15, 0.2) is 11.3 Å². The van der Waals surface area contributed by atoms with Gasteiger partial charge in [-0.05, 0) is 0 Å². The fraction of sp³-hybridized carbons (Fsp3) is 0.556. The molecule has 86 valence electrons. The van der Waals surface area contributed by atoms with Crippen molar-refractivity contribution in [3.8, 4) is 0 Å². The molecular weight excluding hydrogens is 232 g/mol. The molecule has 0 spiro atoms. The number of β-lactam (4-membered cyclic amide) rings is 1. The molecule has 0 aromatic carbocycles. The molecule has 0 radical (unpaired) electrons. The second kappa shape index (κ2) is 3.22. The van der Waals surface area contributed by atoms with Crippen LogP contribution in [0.1, 0.15) is 0 Å². The van der Waals surface area contributed by atoms with E-state index in [1.165, 1.54) is 12.0 Å². The fourth-order valence-corrected chi connectivity index (χ4v) is 3.50. The highest BCUT2D eigenvalue weighted by atomic mass is 32.2. The molecule has 3 rings (SSSR count). The number of nitrogens with zero attached hydrogens (tertiary/aromatic N) is 1. The number of amides is 1. The van der Waals surface area contributed by atoms with Crippen LogP contribution >= 0.6 is 11.8 Å². The van der Waals surface area contributed by atoms with Gasteiger partial charge in [0.15, 0.2) is 6.04 Å². The van der Waals surface area contributed by atoms with Crippen molar-refractivity contribution in [3.63, 3.8) is 0 Å². The standard InChI is InChI=1S/C9H10N2O4S/c1-14-9-3-2-16-7-4(10)6(12)11(7)5(3)8(13)15-9/h4,7,9H,2,10H2,1H3/p+1. The van der Waals surface area contributed by atoms with E-state index in [0.717, 1.165) is 5.57 Å². The third-order valence-electron chi connectivity index (χ3n) is 3.01. The molecule has 3 aliphatic rings. The molecule has 3 aliphatic heterocycles. The lowest BCUT2D eigenvalue weighted by molar-refractivity contribution is -0.423. The van der Waals surface area contributed by atoms with Gasteiger partial charge in [-0.25, -0.2) is 4.79 Å². The maximum absolute atomic E-state index is 11.6. The van der Waals surface area contributed by atoms with Gasteiger partial charge in [-0.3, -0.25) is 9.69 Å². The number of quaternary nitrogens is 1. The number of hydrogen-bond acceptors (Lipinski definition) is 5. The minimum Gasteiger partial charge on any atom is -0.427 e. The number of carbonyl (C=O) groups excluding carboxylic acids is 2. The second-order valence-corrected chi connectivity index (χ2v) is 4.97. The minimum absolute atomic E-state index is 0.0191. The Balaban J connectivity index is 2.00. The number of cyclic esters (lactones) is 1. The van der Waals surface area contributed by atoms with Crippen LogP contribution in [-0.2, 0) is 19.1 Å². The van der Waals surface area contributed by atoms with Crippen LogP contribution in [0.2, 0.25) is 0 Å². The summed E-state index contributed by atoms with van der Waals surface area (Å²) in [5, 5.41) is -0.0191. The van der Waals surface area contributed by atoms with Gasteiger partial charge in [-0.2, -0.15) is 0 Å².